The molecule has 1 saturated heterocycles. The number of carbonyl (C=O) groups excluding carboxylic acids is 1. The Morgan fingerprint density at radius 1 is 1.38 bits per heavy atom. The number of hydrogen-bond donors (Lipinski definition) is 0. The van der Waals surface area contributed by atoms with E-state index < -0.39 is 0 Å². The number of hydrogen-bond acceptors (Lipinski definition) is 2. The van der Waals surface area contributed by atoms with Gasteiger partial charge in [-0.25, -0.2) is 0 Å². The van der Waals surface area contributed by atoms with Crippen molar-refractivity contribution >= 4 is 5.91 Å². The number of carbonyl (C=O) groups is 1. The van der Waals surface area contributed by atoms with Gasteiger partial charge < -0.3 is 4.90 Å². The number of amides is 1. The Labute approximate surface area is 95.3 Å². The van der Waals surface area contributed by atoms with Crippen molar-refractivity contribution in [1.29, 1.82) is 5.26 Å². The molecule has 1 unspecified atom stereocenters. The minimum atomic E-state index is 0.109. The van der Waals surface area contributed by atoms with Crippen LogP contribution in [0, 0.1) is 11.3 Å². The number of likely N-dealkylation sites (tertiary alicyclic amines) is 1. The lowest BCUT2D eigenvalue weighted by Crippen LogP contribution is -2.32. The third kappa shape index (κ3) is 2.22. The van der Waals surface area contributed by atoms with Gasteiger partial charge in [-0.2, -0.15) is 5.26 Å². The molecule has 0 radical (unpaired) electrons. The molecule has 1 aromatic rings. The molecule has 16 heavy (non-hydrogen) atoms. The summed E-state index contributed by atoms with van der Waals surface area (Å²) in [6, 6.07) is 12.2. The van der Waals surface area contributed by atoms with Gasteiger partial charge in [0.05, 0.1) is 12.5 Å². The summed E-state index contributed by atoms with van der Waals surface area (Å²) >= 11 is 0. The van der Waals surface area contributed by atoms with E-state index in [4.69, 9.17) is 5.26 Å². The van der Waals surface area contributed by atoms with Crippen LogP contribution in [-0.4, -0.2) is 16.8 Å². The van der Waals surface area contributed by atoms with Crippen molar-refractivity contribution in [2.75, 3.05) is 0 Å². The van der Waals surface area contributed by atoms with Gasteiger partial charge in [0, 0.05) is 19.0 Å². The van der Waals surface area contributed by atoms with Gasteiger partial charge in [0.2, 0.25) is 5.91 Å². The predicted octanol–water partition coefficient (Wildman–Crippen LogP) is 2.09. The predicted molar refractivity (Wildman–Crippen MR) is 60.2 cm³/mol. The molecule has 1 aliphatic rings. The minimum absolute atomic E-state index is 0.109. The van der Waals surface area contributed by atoms with E-state index in [1.165, 1.54) is 0 Å². The van der Waals surface area contributed by atoms with Crippen molar-refractivity contribution in [2.45, 2.75) is 31.8 Å². The summed E-state index contributed by atoms with van der Waals surface area (Å²) in [5.41, 5.74) is 1.13. The highest BCUT2D eigenvalue weighted by Gasteiger charge is 2.30. The van der Waals surface area contributed by atoms with Crippen LogP contribution in [0.2, 0.25) is 0 Å². The quantitative estimate of drug-likeness (QED) is 0.773. The molecule has 1 heterocycles. The molecule has 0 aliphatic carbocycles. The first-order valence-corrected chi connectivity index (χ1v) is 5.51. The zero-order chi connectivity index (χ0) is 11.4. The smallest absolute Gasteiger partial charge is 0.223 e. The number of benzene rings is 1. The minimum Gasteiger partial charge on any atom is -0.334 e. The Morgan fingerprint density at radius 3 is 2.81 bits per heavy atom. The van der Waals surface area contributed by atoms with Crippen molar-refractivity contribution < 1.29 is 4.79 Å². The van der Waals surface area contributed by atoms with E-state index in [1.54, 1.807) is 0 Å². The first kappa shape index (κ1) is 10.7. The molecule has 82 valence electrons. The lowest BCUT2D eigenvalue weighted by Gasteiger charge is -2.22. The molecule has 1 amide bonds. The van der Waals surface area contributed by atoms with Gasteiger partial charge in [0.15, 0.2) is 0 Å². The maximum Gasteiger partial charge on any atom is 0.223 e. The topological polar surface area (TPSA) is 44.1 Å². The second-order valence-electron chi connectivity index (χ2n) is 4.06. The van der Waals surface area contributed by atoms with Crippen LogP contribution in [0.25, 0.3) is 0 Å². The maximum absolute atomic E-state index is 11.7. The Morgan fingerprint density at radius 2 is 2.12 bits per heavy atom. The molecule has 0 bridgehead atoms. The first-order chi connectivity index (χ1) is 7.81. The third-order valence-electron chi connectivity index (χ3n) is 2.98. The lowest BCUT2D eigenvalue weighted by molar-refractivity contribution is -0.129. The summed E-state index contributed by atoms with van der Waals surface area (Å²) in [6.45, 7) is 0.631. The Hall–Kier alpha value is -1.82. The van der Waals surface area contributed by atoms with Crippen molar-refractivity contribution in [2.24, 2.45) is 0 Å². The lowest BCUT2D eigenvalue weighted by atomic mass is 10.1. The van der Waals surface area contributed by atoms with Crippen LogP contribution in [-0.2, 0) is 11.3 Å². The molecule has 1 aromatic carbocycles. The van der Waals surface area contributed by atoms with Crippen LogP contribution >= 0.6 is 0 Å². The molecular weight excluding hydrogens is 200 g/mol. The van der Waals surface area contributed by atoms with Crippen molar-refractivity contribution in [1.82, 2.24) is 4.90 Å². The second kappa shape index (κ2) is 4.80. The molecule has 1 aliphatic heterocycles. The molecule has 3 heteroatoms. The molecule has 0 aromatic heterocycles. The second-order valence-corrected chi connectivity index (χ2v) is 4.06. The van der Waals surface area contributed by atoms with Crippen LogP contribution in [0.15, 0.2) is 30.3 Å². The Bertz CT molecular complexity index is 408. The van der Waals surface area contributed by atoms with Gasteiger partial charge >= 0.3 is 0 Å². The standard InChI is InChI=1S/C13H14N2O/c14-9-8-12-6-7-13(16)15(12)10-11-4-2-1-3-5-11/h1-5,12H,6-8,10H2. The fraction of sp³-hybridized carbons (Fsp3) is 0.385. The maximum atomic E-state index is 11.7. The summed E-state index contributed by atoms with van der Waals surface area (Å²) in [5.74, 6) is 0.170. The van der Waals surface area contributed by atoms with E-state index in [9.17, 15) is 4.79 Å². The molecular formula is C13H14N2O. The fourth-order valence-electron chi connectivity index (χ4n) is 2.11. The van der Waals surface area contributed by atoms with Crippen LogP contribution in [0.4, 0.5) is 0 Å². The SMILES string of the molecule is N#CCC1CCC(=O)N1Cc1ccccc1. The van der Waals surface area contributed by atoms with Crippen LogP contribution < -0.4 is 0 Å². The van der Waals surface area contributed by atoms with Gasteiger partial charge in [0.25, 0.3) is 0 Å². The molecule has 0 spiro atoms. The van der Waals surface area contributed by atoms with Gasteiger partial charge in [-0.3, -0.25) is 4.79 Å². The Kier molecular flexibility index (Phi) is 3.21. The molecule has 0 N–H and O–H groups in total. The normalized spacial score (nSPS) is 19.8. The Balaban J connectivity index is 2.07. The highest BCUT2D eigenvalue weighted by atomic mass is 16.2. The van der Waals surface area contributed by atoms with Gasteiger partial charge in [-0.1, -0.05) is 30.3 Å². The third-order valence-corrected chi connectivity index (χ3v) is 2.98. The van der Waals surface area contributed by atoms with Gasteiger partial charge in [0.1, 0.15) is 0 Å². The van der Waals surface area contributed by atoms with E-state index in [0.29, 0.717) is 19.4 Å². The zero-order valence-corrected chi connectivity index (χ0v) is 9.10. The zero-order valence-electron chi connectivity index (χ0n) is 9.10. The molecule has 1 atom stereocenters. The van der Waals surface area contributed by atoms with E-state index in [2.05, 4.69) is 6.07 Å². The number of rotatable bonds is 3. The van der Waals surface area contributed by atoms with Crippen LogP contribution in [0.5, 0.6) is 0 Å². The first-order valence-electron chi connectivity index (χ1n) is 5.51. The fourth-order valence-corrected chi connectivity index (χ4v) is 2.11. The number of nitrogens with zero attached hydrogens (tertiary/aromatic N) is 2. The summed E-state index contributed by atoms with van der Waals surface area (Å²) in [7, 11) is 0. The summed E-state index contributed by atoms with van der Waals surface area (Å²) in [6.07, 6.45) is 1.84. The highest BCUT2D eigenvalue weighted by Crippen LogP contribution is 2.23. The van der Waals surface area contributed by atoms with Gasteiger partial charge in [-0.05, 0) is 12.0 Å². The van der Waals surface area contributed by atoms with E-state index in [1.807, 2.05) is 35.2 Å². The van der Waals surface area contributed by atoms with Crippen LogP contribution in [0.3, 0.4) is 0 Å². The van der Waals surface area contributed by atoms with Crippen LogP contribution in [0.1, 0.15) is 24.8 Å². The summed E-state index contributed by atoms with van der Waals surface area (Å²) in [5, 5.41) is 8.71. The monoisotopic (exact) mass is 214 g/mol. The number of nitriles is 1. The van der Waals surface area contributed by atoms with E-state index in [-0.39, 0.29) is 11.9 Å². The van der Waals surface area contributed by atoms with Crippen molar-refractivity contribution in [3.63, 3.8) is 0 Å². The summed E-state index contributed by atoms with van der Waals surface area (Å²) < 4.78 is 0. The van der Waals surface area contributed by atoms with Crippen molar-refractivity contribution in [3.05, 3.63) is 35.9 Å². The average Bonchev–Trinajstić information content (AvgIpc) is 2.64. The molecule has 0 saturated carbocycles. The van der Waals surface area contributed by atoms with Gasteiger partial charge in [-0.15, -0.1) is 0 Å². The average molecular weight is 214 g/mol. The molecule has 1 fully saturated rings. The van der Waals surface area contributed by atoms with E-state index >= 15 is 0 Å². The van der Waals surface area contributed by atoms with E-state index in [0.717, 1.165) is 12.0 Å². The van der Waals surface area contributed by atoms with Crippen molar-refractivity contribution in [3.8, 4) is 6.07 Å². The summed E-state index contributed by atoms with van der Waals surface area (Å²) in [4.78, 5) is 13.5. The molecule has 2 rings (SSSR count). The highest BCUT2D eigenvalue weighted by molar-refractivity contribution is 5.78. The molecule has 3 nitrogen and oxygen atoms in total. The largest absolute Gasteiger partial charge is 0.334 e.